The summed E-state index contributed by atoms with van der Waals surface area (Å²) in [6, 6.07) is 7.99. The van der Waals surface area contributed by atoms with Gasteiger partial charge in [-0.25, -0.2) is 4.98 Å². The highest BCUT2D eigenvalue weighted by Crippen LogP contribution is 2.09. The summed E-state index contributed by atoms with van der Waals surface area (Å²) in [6.45, 7) is 3.04. The first-order chi connectivity index (χ1) is 7.79. The standard InChI is InChI=1S/C13H17N3/c1-2-3-13-15-8-9-16(13)10-11-4-6-12(14)7-5-11/h4-9H,2-3,10,14H2,1H3. The highest BCUT2D eigenvalue weighted by atomic mass is 15.1. The molecule has 16 heavy (non-hydrogen) atoms. The number of hydrogen-bond acceptors (Lipinski definition) is 2. The smallest absolute Gasteiger partial charge is 0.108 e. The minimum absolute atomic E-state index is 0.808. The molecule has 2 aromatic rings. The number of hydrogen-bond donors (Lipinski definition) is 1. The molecule has 0 aliphatic heterocycles. The topological polar surface area (TPSA) is 43.8 Å². The summed E-state index contributed by atoms with van der Waals surface area (Å²) in [7, 11) is 0. The summed E-state index contributed by atoms with van der Waals surface area (Å²) in [5.74, 6) is 1.15. The van der Waals surface area contributed by atoms with E-state index in [-0.39, 0.29) is 0 Å². The lowest BCUT2D eigenvalue weighted by molar-refractivity contribution is 0.705. The molecule has 0 unspecified atom stereocenters. The summed E-state index contributed by atoms with van der Waals surface area (Å²) in [5, 5.41) is 0. The van der Waals surface area contributed by atoms with Crippen LogP contribution in [0.3, 0.4) is 0 Å². The number of aromatic nitrogens is 2. The van der Waals surface area contributed by atoms with Crippen LogP contribution in [0.5, 0.6) is 0 Å². The summed E-state index contributed by atoms with van der Waals surface area (Å²) in [5.41, 5.74) is 7.72. The van der Waals surface area contributed by atoms with Crippen molar-refractivity contribution in [2.24, 2.45) is 0 Å². The summed E-state index contributed by atoms with van der Waals surface area (Å²) in [4.78, 5) is 4.36. The monoisotopic (exact) mass is 215 g/mol. The third kappa shape index (κ3) is 2.42. The minimum atomic E-state index is 0.808. The van der Waals surface area contributed by atoms with Crippen molar-refractivity contribution >= 4 is 5.69 Å². The first-order valence-electron chi connectivity index (χ1n) is 5.64. The van der Waals surface area contributed by atoms with Crippen LogP contribution in [0.25, 0.3) is 0 Å². The predicted molar refractivity (Wildman–Crippen MR) is 66.2 cm³/mol. The molecule has 0 amide bonds. The Morgan fingerprint density at radius 3 is 2.69 bits per heavy atom. The second kappa shape index (κ2) is 4.84. The van der Waals surface area contributed by atoms with E-state index >= 15 is 0 Å². The Labute approximate surface area is 95.9 Å². The average molecular weight is 215 g/mol. The quantitative estimate of drug-likeness (QED) is 0.796. The summed E-state index contributed by atoms with van der Waals surface area (Å²) < 4.78 is 2.19. The van der Waals surface area contributed by atoms with Crippen molar-refractivity contribution in [1.29, 1.82) is 0 Å². The van der Waals surface area contributed by atoms with E-state index in [0.717, 1.165) is 30.9 Å². The third-order valence-electron chi connectivity index (χ3n) is 2.61. The summed E-state index contributed by atoms with van der Waals surface area (Å²) in [6.07, 6.45) is 6.05. The van der Waals surface area contributed by atoms with E-state index in [0.29, 0.717) is 0 Å². The molecule has 0 bridgehead atoms. The number of rotatable bonds is 4. The molecule has 0 spiro atoms. The number of nitrogens with two attached hydrogens (primary N) is 1. The second-order valence-electron chi connectivity index (χ2n) is 3.96. The Bertz CT molecular complexity index is 442. The SMILES string of the molecule is CCCc1nccn1Cc1ccc(N)cc1. The molecule has 84 valence electrons. The molecule has 0 aliphatic rings. The fourth-order valence-electron chi connectivity index (χ4n) is 1.76. The van der Waals surface area contributed by atoms with Gasteiger partial charge in [0.15, 0.2) is 0 Å². The van der Waals surface area contributed by atoms with Gasteiger partial charge in [-0.2, -0.15) is 0 Å². The van der Waals surface area contributed by atoms with Gasteiger partial charge in [0.2, 0.25) is 0 Å². The van der Waals surface area contributed by atoms with Gasteiger partial charge in [0.05, 0.1) is 0 Å². The Morgan fingerprint density at radius 1 is 1.25 bits per heavy atom. The maximum absolute atomic E-state index is 5.66. The van der Waals surface area contributed by atoms with Gasteiger partial charge in [-0.15, -0.1) is 0 Å². The molecule has 0 saturated heterocycles. The molecule has 1 heterocycles. The van der Waals surface area contributed by atoms with E-state index in [1.807, 2.05) is 24.5 Å². The van der Waals surface area contributed by atoms with E-state index < -0.39 is 0 Å². The zero-order valence-corrected chi connectivity index (χ0v) is 9.56. The second-order valence-corrected chi connectivity index (χ2v) is 3.96. The van der Waals surface area contributed by atoms with E-state index in [2.05, 4.69) is 28.6 Å². The summed E-state index contributed by atoms with van der Waals surface area (Å²) >= 11 is 0. The molecule has 2 rings (SSSR count). The lowest BCUT2D eigenvalue weighted by Crippen LogP contribution is -2.04. The molecule has 1 aromatic heterocycles. The predicted octanol–water partition coefficient (Wildman–Crippen LogP) is 2.47. The van der Waals surface area contributed by atoms with Crippen molar-refractivity contribution in [3.05, 3.63) is 48.0 Å². The molecular formula is C13H17N3. The Morgan fingerprint density at radius 2 is 2.00 bits per heavy atom. The molecule has 0 atom stereocenters. The zero-order chi connectivity index (χ0) is 11.4. The Kier molecular flexibility index (Phi) is 3.25. The van der Waals surface area contributed by atoms with Crippen LogP contribution in [0.4, 0.5) is 5.69 Å². The molecule has 3 heteroatoms. The number of anilines is 1. The van der Waals surface area contributed by atoms with Gasteiger partial charge >= 0.3 is 0 Å². The van der Waals surface area contributed by atoms with Crippen LogP contribution in [0.15, 0.2) is 36.7 Å². The van der Waals surface area contributed by atoms with Crippen molar-refractivity contribution in [2.75, 3.05) is 5.73 Å². The van der Waals surface area contributed by atoms with Crippen LogP contribution in [0, 0.1) is 0 Å². The van der Waals surface area contributed by atoms with Crippen LogP contribution >= 0.6 is 0 Å². The average Bonchev–Trinajstić information content (AvgIpc) is 2.70. The molecule has 0 radical (unpaired) electrons. The largest absolute Gasteiger partial charge is 0.399 e. The Balaban J connectivity index is 2.13. The van der Waals surface area contributed by atoms with Crippen molar-refractivity contribution < 1.29 is 0 Å². The number of aryl methyl sites for hydroxylation is 1. The molecular weight excluding hydrogens is 198 g/mol. The maximum Gasteiger partial charge on any atom is 0.108 e. The van der Waals surface area contributed by atoms with Gasteiger partial charge in [0.1, 0.15) is 5.82 Å². The molecule has 0 saturated carbocycles. The number of nitrogen functional groups attached to an aromatic ring is 1. The highest BCUT2D eigenvalue weighted by Gasteiger charge is 2.02. The van der Waals surface area contributed by atoms with Crippen molar-refractivity contribution in [2.45, 2.75) is 26.3 Å². The van der Waals surface area contributed by atoms with Crippen LogP contribution in [-0.2, 0) is 13.0 Å². The third-order valence-corrected chi connectivity index (χ3v) is 2.61. The van der Waals surface area contributed by atoms with Gasteiger partial charge in [0.25, 0.3) is 0 Å². The maximum atomic E-state index is 5.66. The normalized spacial score (nSPS) is 10.6. The first-order valence-corrected chi connectivity index (χ1v) is 5.64. The van der Waals surface area contributed by atoms with E-state index in [1.54, 1.807) is 0 Å². The van der Waals surface area contributed by atoms with Gasteiger partial charge < -0.3 is 10.3 Å². The van der Waals surface area contributed by atoms with Crippen molar-refractivity contribution in [3.8, 4) is 0 Å². The Hall–Kier alpha value is -1.77. The fraction of sp³-hybridized carbons (Fsp3) is 0.308. The van der Waals surface area contributed by atoms with Gasteiger partial charge in [0, 0.05) is 31.0 Å². The van der Waals surface area contributed by atoms with Crippen molar-refractivity contribution in [1.82, 2.24) is 9.55 Å². The van der Waals surface area contributed by atoms with Crippen molar-refractivity contribution in [3.63, 3.8) is 0 Å². The lowest BCUT2D eigenvalue weighted by Gasteiger charge is -2.07. The van der Waals surface area contributed by atoms with E-state index in [4.69, 9.17) is 5.73 Å². The number of nitrogens with zero attached hydrogens (tertiary/aromatic N) is 2. The van der Waals surface area contributed by atoms with Gasteiger partial charge in [-0.05, 0) is 24.1 Å². The van der Waals surface area contributed by atoms with Crippen LogP contribution in [0.1, 0.15) is 24.7 Å². The first kappa shape index (κ1) is 10.7. The van der Waals surface area contributed by atoms with Gasteiger partial charge in [-0.1, -0.05) is 19.1 Å². The minimum Gasteiger partial charge on any atom is -0.399 e. The number of imidazole rings is 1. The van der Waals surface area contributed by atoms with E-state index in [9.17, 15) is 0 Å². The van der Waals surface area contributed by atoms with Gasteiger partial charge in [-0.3, -0.25) is 0 Å². The van der Waals surface area contributed by atoms with Crippen LogP contribution in [0.2, 0.25) is 0 Å². The molecule has 0 fully saturated rings. The zero-order valence-electron chi connectivity index (χ0n) is 9.56. The molecule has 1 aromatic carbocycles. The molecule has 0 aliphatic carbocycles. The highest BCUT2D eigenvalue weighted by molar-refractivity contribution is 5.39. The van der Waals surface area contributed by atoms with Crippen LogP contribution in [-0.4, -0.2) is 9.55 Å². The fourth-order valence-corrected chi connectivity index (χ4v) is 1.76. The van der Waals surface area contributed by atoms with E-state index in [1.165, 1.54) is 5.56 Å². The molecule has 3 nitrogen and oxygen atoms in total. The van der Waals surface area contributed by atoms with Crippen LogP contribution < -0.4 is 5.73 Å². The number of benzene rings is 1. The lowest BCUT2D eigenvalue weighted by atomic mass is 10.2. The molecule has 2 N–H and O–H groups in total.